The van der Waals surface area contributed by atoms with Gasteiger partial charge >= 0.3 is 0 Å². The van der Waals surface area contributed by atoms with Gasteiger partial charge in [-0.1, -0.05) is 24.3 Å². The lowest BCUT2D eigenvalue weighted by Gasteiger charge is -2.15. The topological polar surface area (TPSA) is 72.2 Å². The Bertz CT molecular complexity index is 1110. The number of hydrogen-bond acceptors (Lipinski definition) is 6. The first kappa shape index (κ1) is 18.0. The molecule has 0 aliphatic carbocycles. The van der Waals surface area contributed by atoms with E-state index in [1.807, 2.05) is 66.7 Å². The smallest absolute Gasteiger partial charge is 0.118 e. The van der Waals surface area contributed by atoms with Crippen molar-refractivity contribution in [2.75, 3.05) is 23.7 Å². The number of anilines is 3. The maximum Gasteiger partial charge on any atom is 0.118 e. The number of benzene rings is 3. The van der Waals surface area contributed by atoms with Crippen LogP contribution in [0.25, 0.3) is 22.0 Å². The number of hydrazine groups is 1. The van der Waals surface area contributed by atoms with Crippen LogP contribution in [0.2, 0.25) is 0 Å². The summed E-state index contributed by atoms with van der Waals surface area (Å²) in [4.78, 5) is 5.38. The number of nitrogens with zero attached hydrogens (tertiary/aromatic N) is 1. The Kier molecular flexibility index (Phi) is 4.95. The van der Waals surface area contributed by atoms with Gasteiger partial charge in [0.05, 0.1) is 36.1 Å². The van der Waals surface area contributed by atoms with Crippen LogP contribution in [0.1, 0.15) is 0 Å². The largest absolute Gasteiger partial charge is 0.497 e. The summed E-state index contributed by atoms with van der Waals surface area (Å²) in [7, 11) is 1.65. The Morgan fingerprint density at radius 3 is 2.36 bits per heavy atom. The van der Waals surface area contributed by atoms with Crippen molar-refractivity contribution in [3.8, 4) is 17.0 Å². The highest BCUT2D eigenvalue weighted by atomic mass is 32.1. The SMILES string of the molecule is COc1ccc(-c2ccc(NNc3cc(S)c4ccccc4c3N)cn2)cc1. The molecule has 0 radical (unpaired) electrons. The Labute approximate surface area is 168 Å². The van der Waals surface area contributed by atoms with Crippen molar-refractivity contribution >= 4 is 40.5 Å². The van der Waals surface area contributed by atoms with Crippen LogP contribution < -0.4 is 21.3 Å². The molecule has 0 spiro atoms. The molecule has 0 saturated carbocycles. The Balaban J connectivity index is 1.51. The van der Waals surface area contributed by atoms with Crippen molar-refractivity contribution in [1.29, 1.82) is 0 Å². The van der Waals surface area contributed by atoms with Gasteiger partial charge in [0.2, 0.25) is 0 Å². The number of fused-ring (bicyclic) bond motifs is 1. The summed E-state index contributed by atoms with van der Waals surface area (Å²) < 4.78 is 5.19. The molecule has 28 heavy (non-hydrogen) atoms. The van der Waals surface area contributed by atoms with Crippen LogP contribution in [0.3, 0.4) is 0 Å². The van der Waals surface area contributed by atoms with Gasteiger partial charge in [0.1, 0.15) is 5.75 Å². The van der Waals surface area contributed by atoms with Crippen LogP contribution in [-0.4, -0.2) is 12.1 Å². The second kappa shape index (κ2) is 7.70. The summed E-state index contributed by atoms with van der Waals surface area (Å²) in [6.45, 7) is 0. The average molecular weight is 388 g/mol. The molecule has 5 nitrogen and oxygen atoms in total. The van der Waals surface area contributed by atoms with E-state index in [4.69, 9.17) is 10.5 Å². The molecule has 0 amide bonds. The Morgan fingerprint density at radius 2 is 1.68 bits per heavy atom. The number of thiol groups is 1. The molecule has 1 heterocycles. The first-order valence-electron chi connectivity index (χ1n) is 8.78. The maximum atomic E-state index is 6.31. The molecule has 0 saturated heterocycles. The van der Waals surface area contributed by atoms with E-state index < -0.39 is 0 Å². The second-order valence-corrected chi connectivity index (χ2v) is 6.79. The third-order valence-corrected chi connectivity index (χ3v) is 4.93. The number of methoxy groups -OCH3 is 1. The van der Waals surface area contributed by atoms with Crippen LogP contribution in [0.4, 0.5) is 17.1 Å². The molecule has 1 aromatic heterocycles. The van der Waals surface area contributed by atoms with Crippen molar-refractivity contribution < 1.29 is 4.74 Å². The number of nitrogen functional groups attached to an aromatic ring is 1. The lowest BCUT2D eigenvalue weighted by Crippen LogP contribution is -2.11. The zero-order valence-electron chi connectivity index (χ0n) is 15.3. The van der Waals surface area contributed by atoms with Crippen molar-refractivity contribution in [1.82, 2.24) is 4.98 Å². The van der Waals surface area contributed by atoms with Crippen LogP contribution in [0.5, 0.6) is 5.75 Å². The summed E-state index contributed by atoms with van der Waals surface area (Å²) in [6.07, 6.45) is 1.77. The average Bonchev–Trinajstić information content (AvgIpc) is 2.76. The van der Waals surface area contributed by atoms with Gasteiger partial charge in [-0.15, -0.1) is 12.6 Å². The van der Waals surface area contributed by atoms with E-state index in [0.717, 1.165) is 44.0 Å². The van der Waals surface area contributed by atoms with Crippen LogP contribution >= 0.6 is 12.6 Å². The van der Waals surface area contributed by atoms with Gasteiger partial charge in [0, 0.05) is 15.8 Å². The van der Waals surface area contributed by atoms with E-state index in [0.29, 0.717) is 5.69 Å². The highest BCUT2D eigenvalue weighted by molar-refractivity contribution is 7.80. The number of nitrogens with one attached hydrogen (secondary N) is 2. The van der Waals surface area contributed by atoms with Gasteiger partial charge in [-0.3, -0.25) is 15.8 Å². The molecule has 4 rings (SSSR count). The molecule has 0 aliphatic rings. The van der Waals surface area contributed by atoms with Crippen molar-refractivity contribution in [3.63, 3.8) is 0 Å². The number of nitrogens with two attached hydrogens (primary N) is 1. The summed E-state index contributed by atoms with van der Waals surface area (Å²) in [5, 5.41) is 1.99. The second-order valence-electron chi connectivity index (χ2n) is 6.31. The van der Waals surface area contributed by atoms with E-state index in [1.54, 1.807) is 13.3 Å². The molecule has 4 N–H and O–H groups in total. The monoisotopic (exact) mass is 388 g/mol. The van der Waals surface area contributed by atoms with Crippen LogP contribution in [-0.2, 0) is 0 Å². The summed E-state index contributed by atoms with van der Waals surface area (Å²) >= 11 is 4.57. The number of aromatic nitrogens is 1. The molecule has 0 fully saturated rings. The number of hydrogen-bond donors (Lipinski definition) is 4. The maximum absolute atomic E-state index is 6.31. The van der Waals surface area contributed by atoms with Gasteiger partial charge in [0.15, 0.2) is 0 Å². The van der Waals surface area contributed by atoms with E-state index in [9.17, 15) is 0 Å². The number of pyridine rings is 1. The molecular formula is C22H20N4OS. The summed E-state index contributed by atoms with van der Waals surface area (Å²) in [5.74, 6) is 0.822. The highest BCUT2D eigenvalue weighted by Gasteiger charge is 2.08. The summed E-state index contributed by atoms with van der Waals surface area (Å²) in [5.41, 5.74) is 16.8. The third-order valence-electron chi connectivity index (χ3n) is 4.56. The van der Waals surface area contributed by atoms with Crippen molar-refractivity contribution in [3.05, 3.63) is 72.9 Å². The molecule has 3 aromatic carbocycles. The fraction of sp³-hybridized carbons (Fsp3) is 0.0455. The Morgan fingerprint density at radius 1 is 0.929 bits per heavy atom. The molecule has 0 atom stereocenters. The van der Waals surface area contributed by atoms with E-state index in [-0.39, 0.29) is 0 Å². The minimum absolute atomic E-state index is 0.670. The fourth-order valence-corrected chi connectivity index (χ4v) is 3.35. The van der Waals surface area contributed by atoms with E-state index in [2.05, 4.69) is 28.5 Å². The number of rotatable bonds is 5. The van der Waals surface area contributed by atoms with Gasteiger partial charge in [-0.05, 0) is 47.9 Å². The van der Waals surface area contributed by atoms with Gasteiger partial charge in [-0.25, -0.2) is 0 Å². The molecule has 0 unspecified atom stereocenters. The first-order valence-corrected chi connectivity index (χ1v) is 9.23. The highest BCUT2D eigenvalue weighted by Crippen LogP contribution is 2.33. The summed E-state index contributed by atoms with van der Waals surface area (Å²) in [6, 6.07) is 21.6. The minimum Gasteiger partial charge on any atom is -0.497 e. The third kappa shape index (κ3) is 3.54. The minimum atomic E-state index is 0.670. The van der Waals surface area contributed by atoms with Gasteiger partial charge in [0.25, 0.3) is 0 Å². The molecule has 0 bridgehead atoms. The zero-order chi connectivity index (χ0) is 19.5. The van der Waals surface area contributed by atoms with E-state index >= 15 is 0 Å². The van der Waals surface area contributed by atoms with Gasteiger partial charge < -0.3 is 10.5 Å². The molecule has 140 valence electrons. The molecule has 6 heteroatoms. The molecular weight excluding hydrogens is 368 g/mol. The first-order chi connectivity index (χ1) is 13.7. The van der Waals surface area contributed by atoms with E-state index in [1.165, 1.54) is 0 Å². The predicted molar refractivity (Wildman–Crippen MR) is 119 cm³/mol. The lowest BCUT2D eigenvalue weighted by atomic mass is 10.1. The van der Waals surface area contributed by atoms with Crippen LogP contribution in [0, 0.1) is 0 Å². The predicted octanol–water partition coefficient (Wildman–Crippen LogP) is 5.22. The van der Waals surface area contributed by atoms with Crippen molar-refractivity contribution in [2.45, 2.75) is 4.90 Å². The zero-order valence-corrected chi connectivity index (χ0v) is 16.2. The van der Waals surface area contributed by atoms with Crippen LogP contribution in [0.15, 0.2) is 77.8 Å². The lowest BCUT2D eigenvalue weighted by molar-refractivity contribution is 0.415. The Hall–Kier alpha value is -3.38. The fourth-order valence-electron chi connectivity index (χ4n) is 3.02. The number of ether oxygens (including phenoxy) is 1. The van der Waals surface area contributed by atoms with Crippen molar-refractivity contribution in [2.24, 2.45) is 0 Å². The molecule has 0 aliphatic heterocycles. The normalized spacial score (nSPS) is 10.6. The standard InChI is InChI=1S/C22H20N4OS/c1-27-16-9-6-14(7-10-16)19-11-8-15(13-24-19)25-26-20-12-21(28)17-4-2-3-5-18(17)22(20)23/h2-13,25-26,28H,23H2,1H3. The molecule has 4 aromatic rings. The van der Waals surface area contributed by atoms with Gasteiger partial charge in [-0.2, -0.15) is 0 Å². The quantitative estimate of drug-likeness (QED) is 0.214.